The number of fused-ring (bicyclic) bond motifs is 1. The summed E-state index contributed by atoms with van der Waals surface area (Å²) in [5, 5.41) is 18.3. The zero-order chi connectivity index (χ0) is 14.0. The molecule has 1 saturated heterocycles. The molecule has 3 rings (SSSR count). The molecule has 2 heterocycles. The molecule has 0 amide bonds. The number of hydrogen-bond donors (Lipinski definition) is 0. The first-order chi connectivity index (χ1) is 9.76. The van der Waals surface area contributed by atoms with Crippen molar-refractivity contribution in [3.05, 3.63) is 18.2 Å². The van der Waals surface area contributed by atoms with Crippen LogP contribution in [0.15, 0.2) is 18.2 Å². The van der Waals surface area contributed by atoms with Crippen molar-refractivity contribution in [2.24, 2.45) is 5.41 Å². The summed E-state index contributed by atoms with van der Waals surface area (Å²) in [5.41, 5.74) is 0.239. The van der Waals surface area contributed by atoms with Crippen molar-refractivity contribution in [1.82, 2.24) is 0 Å². The number of rotatable bonds is 1. The average Bonchev–Trinajstić information content (AvgIpc) is 2.54. The van der Waals surface area contributed by atoms with Crippen LogP contribution >= 0.6 is 0 Å². The van der Waals surface area contributed by atoms with Crippen molar-refractivity contribution < 1.29 is 9.47 Å². The Kier molecular flexibility index (Phi) is 3.12. The zero-order valence-electron chi connectivity index (χ0n) is 11.1. The van der Waals surface area contributed by atoms with Gasteiger partial charge >= 0.3 is 0 Å². The van der Waals surface area contributed by atoms with E-state index in [0.717, 1.165) is 17.2 Å². The molecule has 1 aromatic rings. The molecule has 0 aliphatic carbocycles. The highest BCUT2D eigenvalue weighted by Gasteiger charge is 2.35. The molecule has 0 unspecified atom stereocenters. The predicted molar refractivity (Wildman–Crippen MR) is 72.5 cm³/mol. The first-order valence-electron chi connectivity index (χ1n) is 6.73. The number of anilines is 1. The summed E-state index contributed by atoms with van der Waals surface area (Å²) >= 11 is 0. The maximum Gasteiger partial charge on any atom is 0.163 e. The Morgan fingerprint density at radius 2 is 1.65 bits per heavy atom. The van der Waals surface area contributed by atoms with Crippen molar-refractivity contribution in [2.75, 3.05) is 31.2 Å². The molecule has 20 heavy (non-hydrogen) atoms. The van der Waals surface area contributed by atoms with Gasteiger partial charge in [-0.05, 0) is 25.0 Å². The SMILES string of the molecule is N#CC1(C#N)CCN(c2ccc3c(c2)OCCO3)CC1. The lowest BCUT2D eigenvalue weighted by Crippen LogP contribution is -2.38. The van der Waals surface area contributed by atoms with Crippen LogP contribution in [0.1, 0.15) is 12.8 Å². The van der Waals surface area contributed by atoms with E-state index in [1.165, 1.54) is 0 Å². The van der Waals surface area contributed by atoms with Crippen molar-refractivity contribution in [3.8, 4) is 23.6 Å². The molecule has 0 atom stereocenters. The number of piperidine rings is 1. The molecule has 0 N–H and O–H groups in total. The van der Waals surface area contributed by atoms with Crippen LogP contribution in [0, 0.1) is 28.1 Å². The molecule has 102 valence electrons. The molecule has 0 saturated carbocycles. The van der Waals surface area contributed by atoms with Crippen LogP contribution in [0.25, 0.3) is 0 Å². The Morgan fingerprint density at radius 3 is 2.30 bits per heavy atom. The molecular formula is C15H15N3O2. The lowest BCUT2D eigenvalue weighted by Gasteiger charge is -2.35. The average molecular weight is 269 g/mol. The normalized spacial score (nSPS) is 19.8. The van der Waals surface area contributed by atoms with Crippen LogP contribution in [-0.4, -0.2) is 26.3 Å². The van der Waals surface area contributed by atoms with Crippen LogP contribution in [0.4, 0.5) is 5.69 Å². The van der Waals surface area contributed by atoms with E-state index in [2.05, 4.69) is 17.0 Å². The van der Waals surface area contributed by atoms with Crippen molar-refractivity contribution in [3.63, 3.8) is 0 Å². The van der Waals surface area contributed by atoms with E-state index in [0.29, 0.717) is 39.1 Å². The van der Waals surface area contributed by atoms with Gasteiger partial charge in [0.2, 0.25) is 0 Å². The van der Waals surface area contributed by atoms with E-state index >= 15 is 0 Å². The van der Waals surface area contributed by atoms with Crippen LogP contribution in [0.3, 0.4) is 0 Å². The van der Waals surface area contributed by atoms with Crippen LogP contribution in [-0.2, 0) is 0 Å². The van der Waals surface area contributed by atoms with Gasteiger partial charge in [-0.25, -0.2) is 0 Å². The number of benzene rings is 1. The summed E-state index contributed by atoms with van der Waals surface area (Å²) in [7, 11) is 0. The van der Waals surface area contributed by atoms with Crippen molar-refractivity contribution in [1.29, 1.82) is 10.5 Å². The summed E-state index contributed by atoms with van der Waals surface area (Å²) in [6.07, 6.45) is 1.16. The molecule has 2 aliphatic rings. The highest BCUT2D eigenvalue weighted by molar-refractivity contribution is 5.57. The molecule has 5 nitrogen and oxygen atoms in total. The number of nitrogens with zero attached hydrogens (tertiary/aromatic N) is 3. The summed E-state index contributed by atoms with van der Waals surface area (Å²) < 4.78 is 11.1. The van der Waals surface area contributed by atoms with Gasteiger partial charge in [-0.1, -0.05) is 0 Å². The van der Waals surface area contributed by atoms with E-state index in [1.54, 1.807) is 0 Å². The summed E-state index contributed by atoms with van der Waals surface area (Å²) in [5.74, 6) is 1.55. The van der Waals surface area contributed by atoms with E-state index < -0.39 is 5.41 Å². The van der Waals surface area contributed by atoms with Gasteiger partial charge in [-0.3, -0.25) is 0 Å². The quantitative estimate of drug-likeness (QED) is 0.780. The van der Waals surface area contributed by atoms with Crippen molar-refractivity contribution >= 4 is 5.69 Å². The van der Waals surface area contributed by atoms with E-state index in [-0.39, 0.29) is 0 Å². The number of nitriles is 2. The van der Waals surface area contributed by atoms with Gasteiger partial charge in [0.15, 0.2) is 11.5 Å². The lowest BCUT2D eigenvalue weighted by molar-refractivity contribution is 0.171. The van der Waals surface area contributed by atoms with E-state index in [9.17, 15) is 0 Å². The second-order valence-corrected chi connectivity index (χ2v) is 5.12. The van der Waals surface area contributed by atoms with Gasteiger partial charge in [-0.15, -0.1) is 0 Å². The third kappa shape index (κ3) is 2.12. The minimum Gasteiger partial charge on any atom is -0.486 e. The molecule has 5 heteroatoms. The fourth-order valence-electron chi connectivity index (χ4n) is 2.62. The third-order valence-electron chi connectivity index (χ3n) is 3.94. The van der Waals surface area contributed by atoms with Gasteiger partial charge in [0.05, 0.1) is 12.1 Å². The van der Waals surface area contributed by atoms with Crippen LogP contribution in [0.2, 0.25) is 0 Å². The second-order valence-electron chi connectivity index (χ2n) is 5.12. The predicted octanol–water partition coefficient (Wildman–Crippen LogP) is 2.09. The Labute approximate surface area is 117 Å². The van der Waals surface area contributed by atoms with Crippen LogP contribution in [0.5, 0.6) is 11.5 Å². The zero-order valence-corrected chi connectivity index (χ0v) is 11.1. The van der Waals surface area contributed by atoms with Gasteiger partial charge in [0, 0.05) is 24.8 Å². The first kappa shape index (κ1) is 12.6. The van der Waals surface area contributed by atoms with Gasteiger partial charge in [0.25, 0.3) is 0 Å². The summed E-state index contributed by atoms with van der Waals surface area (Å²) in [6, 6.07) is 10.2. The topological polar surface area (TPSA) is 69.3 Å². The van der Waals surface area contributed by atoms with Crippen molar-refractivity contribution in [2.45, 2.75) is 12.8 Å². The summed E-state index contributed by atoms with van der Waals surface area (Å²) in [4.78, 5) is 2.19. The monoisotopic (exact) mass is 269 g/mol. The Hall–Kier alpha value is -2.40. The van der Waals surface area contributed by atoms with E-state index in [1.807, 2.05) is 18.2 Å². The molecule has 0 bridgehead atoms. The second kappa shape index (κ2) is 4.94. The fourth-order valence-corrected chi connectivity index (χ4v) is 2.62. The van der Waals surface area contributed by atoms with Gasteiger partial charge < -0.3 is 14.4 Å². The maximum atomic E-state index is 9.13. The lowest BCUT2D eigenvalue weighted by atomic mass is 9.81. The largest absolute Gasteiger partial charge is 0.486 e. The number of hydrogen-bond acceptors (Lipinski definition) is 5. The fraction of sp³-hybridized carbons (Fsp3) is 0.467. The molecular weight excluding hydrogens is 254 g/mol. The van der Waals surface area contributed by atoms with Gasteiger partial charge in [-0.2, -0.15) is 10.5 Å². The highest BCUT2D eigenvalue weighted by Crippen LogP contribution is 2.37. The molecule has 1 aromatic carbocycles. The summed E-state index contributed by atoms with van der Waals surface area (Å²) in [6.45, 7) is 2.58. The van der Waals surface area contributed by atoms with Crippen LogP contribution < -0.4 is 14.4 Å². The number of ether oxygens (including phenoxy) is 2. The Morgan fingerprint density at radius 1 is 1.00 bits per heavy atom. The molecule has 1 fully saturated rings. The van der Waals surface area contributed by atoms with Gasteiger partial charge in [0.1, 0.15) is 18.6 Å². The molecule has 0 spiro atoms. The minimum absolute atomic E-state index is 0.572. The first-order valence-corrected chi connectivity index (χ1v) is 6.73. The minimum atomic E-state index is -0.815. The smallest absolute Gasteiger partial charge is 0.163 e. The highest BCUT2D eigenvalue weighted by atomic mass is 16.6. The Bertz CT molecular complexity index is 576. The maximum absolute atomic E-state index is 9.13. The van der Waals surface area contributed by atoms with E-state index in [4.69, 9.17) is 20.0 Å². The molecule has 0 aromatic heterocycles. The third-order valence-corrected chi connectivity index (χ3v) is 3.94. The molecule has 0 radical (unpaired) electrons. The Balaban J connectivity index is 1.76. The standard InChI is InChI=1S/C15H15N3O2/c16-10-15(11-17)3-5-18(6-4-15)12-1-2-13-14(9-12)20-8-7-19-13/h1-2,9H,3-8H2. The molecule has 2 aliphatic heterocycles.